The van der Waals surface area contributed by atoms with Gasteiger partial charge in [0.2, 0.25) is 5.91 Å². The molecule has 2 aliphatic carbocycles. The summed E-state index contributed by atoms with van der Waals surface area (Å²) in [4.78, 5) is 19.2. The summed E-state index contributed by atoms with van der Waals surface area (Å²) in [6, 6.07) is 0.251. The van der Waals surface area contributed by atoms with E-state index in [1.807, 2.05) is 11.8 Å². The maximum Gasteiger partial charge on any atom is 0.225 e. The molecule has 7 heteroatoms. The van der Waals surface area contributed by atoms with Crippen LogP contribution in [0.25, 0.3) is 0 Å². The summed E-state index contributed by atoms with van der Waals surface area (Å²) in [6.45, 7) is 4.91. The van der Waals surface area contributed by atoms with Crippen molar-refractivity contribution in [2.75, 3.05) is 26.2 Å². The van der Waals surface area contributed by atoms with E-state index in [1.165, 1.54) is 12.8 Å². The molecule has 1 heterocycles. The molecule has 1 atom stereocenters. The molecule has 1 amide bonds. The van der Waals surface area contributed by atoms with Crippen LogP contribution in [-0.4, -0.2) is 59.7 Å². The van der Waals surface area contributed by atoms with Crippen LogP contribution in [0.15, 0.2) is 4.99 Å². The van der Waals surface area contributed by atoms with Crippen molar-refractivity contribution in [2.24, 2.45) is 10.9 Å². The molecule has 6 nitrogen and oxygen atoms in total. The fourth-order valence-electron chi connectivity index (χ4n) is 4.44. The van der Waals surface area contributed by atoms with Gasteiger partial charge in [0.05, 0.1) is 12.1 Å². The molecule has 1 unspecified atom stereocenters. The van der Waals surface area contributed by atoms with Crippen LogP contribution in [-0.2, 0) is 4.79 Å². The second kappa shape index (κ2) is 10.1. The van der Waals surface area contributed by atoms with Crippen LogP contribution in [0.3, 0.4) is 0 Å². The number of hydrogen-bond acceptors (Lipinski definition) is 3. The van der Waals surface area contributed by atoms with Gasteiger partial charge in [-0.25, -0.2) is 0 Å². The van der Waals surface area contributed by atoms with Gasteiger partial charge in [-0.05, 0) is 39.0 Å². The molecule has 3 N–H and O–H groups in total. The first-order valence-corrected chi connectivity index (χ1v) is 10.2. The molecule has 0 spiro atoms. The van der Waals surface area contributed by atoms with Crippen molar-refractivity contribution in [1.29, 1.82) is 0 Å². The molecule has 0 aromatic heterocycles. The Morgan fingerprint density at radius 2 is 1.88 bits per heavy atom. The van der Waals surface area contributed by atoms with Gasteiger partial charge < -0.3 is 20.6 Å². The van der Waals surface area contributed by atoms with Gasteiger partial charge in [0, 0.05) is 31.6 Å². The molecule has 150 valence electrons. The molecule has 0 bridgehead atoms. The molecule has 3 fully saturated rings. The molecular weight excluding hydrogens is 443 g/mol. The Morgan fingerprint density at radius 1 is 1.19 bits per heavy atom. The van der Waals surface area contributed by atoms with Crippen LogP contribution in [0.4, 0.5) is 0 Å². The summed E-state index contributed by atoms with van der Waals surface area (Å²) in [5.74, 6) is 1.38. The summed E-state index contributed by atoms with van der Waals surface area (Å²) in [7, 11) is 0. The fraction of sp³-hybridized carbons (Fsp3) is 0.895. The summed E-state index contributed by atoms with van der Waals surface area (Å²) in [6.07, 6.45) is 9.39. The van der Waals surface area contributed by atoms with Gasteiger partial charge in [-0.1, -0.05) is 25.7 Å². The van der Waals surface area contributed by atoms with Crippen molar-refractivity contribution in [3.8, 4) is 0 Å². The summed E-state index contributed by atoms with van der Waals surface area (Å²) < 4.78 is 0. The molecule has 1 aliphatic heterocycles. The number of carbonyl (C=O) groups is 1. The van der Waals surface area contributed by atoms with E-state index < -0.39 is 5.60 Å². The normalized spacial score (nSPS) is 26.0. The van der Waals surface area contributed by atoms with E-state index in [0.29, 0.717) is 12.5 Å². The molecule has 0 aromatic carbocycles. The Bertz CT molecular complexity index is 488. The number of amides is 1. The maximum atomic E-state index is 12.6. The zero-order valence-corrected chi connectivity index (χ0v) is 18.3. The quantitative estimate of drug-likeness (QED) is 0.322. The third-order valence-electron chi connectivity index (χ3n) is 5.96. The summed E-state index contributed by atoms with van der Waals surface area (Å²) >= 11 is 0. The van der Waals surface area contributed by atoms with Gasteiger partial charge in [0.25, 0.3) is 0 Å². The second-order valence-electron chi connectivity index (χ2n) is 8.02. The standard InChI is InChI=1S/C19H34N4O2.HI/c1-2-20-18(21-14-19(25)10-5-6-11-19)22-16-9-12-23(13-16)17(24)15-7-3-4-8-15;/h15-16,25H,2-14H2,1H3,(H2,20,21,22);1H. The van der Waals surface area contributed by atoms with E-state index in [0.717, 1.165) is 70.5 Å². The minimum Gasteiger partial charge on any atom is -0.388 e. The smallest absolute Gasteiger partial charge is 0.225 e. The zero-order valence-electron chi connectivity index (χ0n) is 16.0. The van der Waals surface area contributed by atoms with Crippen molar-refractivity contribution in [3.05, 3.63) is 0 Å². The minimum absolute atomic E-state index is 0. The van der Waals surface area contributed by atoms with Gasteiger partial charge in [0.15, 0.2) is 5.96 Å². The van der Waals surface area contributed by atoms with Crippen LogP contribution in [0.5, 0.6) is 0 Å². The van der Waals surface area contributed by atoms with E-state index in [9.17, 15) is 9.90 Å². The molecule has 3 rings (SSSR count). The van der Waals surface area contributed by atoms with E-state index in [1.54, 1.807) is 0 Å². The fourth-order valence-corrected chi connectivity index (χ4v) is 4.44. The van der Waals surface area contributed by atoms with E-state index in [-0.39, 0.29) is 35.9 Å². The lowest BCUT2D eigenvalue weighted by Gasteiger charge is -2.23. The van der Waals surface area contributed by atoms with Crippen molar-refractivity contribution < 1.29 is 9.90 Å². The summed E-state index contributed by atoms with van der Waals surface area (Å²) in [5.41, 5.74) is -0.623. The first-order chi connectivity index (χ1) is 12.1. The Morgan fingerprint density at radius 3 is 2.54 bits per heavy atom. The van der Waals surface area contributed by atoms with Crippen molar-refractivity contribution in [1.82, 2.24) is 15.5 Å². The largest absolute Gasteiger partial charge is 0.388 e. The van der Waals surface area contributed by atoms with Gasteiger partial charge in [0.1, 0.15) is 0 Å². The topological polar surface area (TPSA) is 77.0 Å². The first-order valence-electron chi connectivity index (χ1n) is 10.2. The number of likely N-dealkylation sites (tertiary alicyclic amines) is 1. The van der Waals surface area contributed by atoms with Gasteiger partial charge in [-0.15, -0.1) is 24.0 Å². The van der Waals surface area contributed by atoms with Gasteiger partial charge in [-0.2, -0.15) is 0 Å². The molecule has 26 heavy (non-hydrogen) atoms. The van der Waals surface area contributed by atoms with Crippen LogP contribution in [0, 0.1) is 5.92 Å². The Balaban J connectivity index is 0.00000243. The van der Waals surface area contributed by atoms with Crippen LogP contribution >= 0.6 is 24.0 Å². The average Bonchev–Trinajstić information content (AvgIpc) is 3.34. The van der Waals surface area contributed by atoms with Crippen molar-refractivity contribution in [3.63, 3.8) is 0 Å². The highest BCUT2D eigenvalue weighted by atomic mass is 127. The Kier molecular flexibility index (Phi) is 8.44. The number of nitrogens with one attached hydrogen (secondary N) is 2. The number of rotatable bonds is 5. The van der Waals surface area contributed by atoms with E-state index >= 15 is 0 Å². The van der Waals surface area contributed by atoms with Crippen LogP contribution in [0.2, 0.25) is 0 Å². The number of aliphatic imine (C=N–C) groups is 1. The van der Waals surface area contributed by atoms with Crippen LogP contribution < -0.4 is 10.6 Å². The maximum absolute atomic E-state index is 12.6. The Labute approximate surface area is 174 Å². The number of aliphatic hydroxyl groups is 1. The lowest BCUT2D eigenvalue weighted by molar-refractivity contribution is -0.134. The van der Waals surface area contributed by atoms with Crippen LogP contribution in [0.1, 0.15) is 64.7 Å². The molecule has 2 saturated carbocycles. The summed E-state index contributed by atoms with van der Waals surface area (Å²) in [5, 5.41) is 17.2. The predicted octanol–water partition coefficient (Wildman–Crippen LogP) is 2.26. The van der Waals surface area contributed by atoms with Crippen molar-refractivity contribution >= 4 is 35.8 Å². The zero-order chi connectivity index (χ0) is 17.7. The van der Waals surface area contributed by atoms with Crippen molar-refractivity contribution in [2.45, 2.75) is 76.4 Å². The minimum atomic E-state index is -0.623. The molecule has 0 aromatic rings. The lowest BCUT2D eigenvalue weighted by Crippen LogP contribution is -2.46. The second-order valence-corrected chi connectivity index (χ2v) is 8.02. The van der Waals surface area contributed by atoms with E-state index in [2.05, 4.69) is 15.6 Å². The molecular formula is C19H35IN4O2. The lowest BCUT2D eigenvalue weighted by atomic mass is 10.0. The number of hydrogen-bond donors (Lipinski definition) is 3. The molecule has 0 radical (unpaired) electrons. The molecule has 1 saturated heterocycles. The SMILES string of the molecule is CCNC(=NCC1(O)CCCC1)NC1CCN(C(=O)C2CCCC2)C1.I. The van der Waals surface area contributed by atoms with E-state index in [4.69, 9.17) is 0 Å². The average molecular weight is 478 g/mol. The monoisotopic (exact) mass is 478 g/mol. The number of nitrogens with zero attached hydrogens (tertiary/aromatic N) is 2. The number of carbonyl (C=O) groups excluding carboxylic acids is 1. The Hall–Kier alpha value is -0.570. The first kappa shape index (κ1) is 21.7. The predicted molar refractivity (Wildman–Crippen MR) is 115 cm³/mol. The van der Waals surface area contributed by atoms with Gasteiger partial charge >= 0.3 is 0 Å². The third-order valence-corrected chi connectivity index (χ3v) is 5.96. The highest BCUT2D eigenvalue weighted by Crippen LogP contribution is 2.30. The third kappa shape index (κ3) is 5.71. The van der Waals surface area contributed by atoms with Gasteiger partial charge in [-0.3, -0.25) is 9.79 Å². The highest BCUT2D eigenvalue weighted by molar-refractivity contribution is 14.0. The number of guanidine groups is 1. The molecule has 3 aliphatic rings. The highest BCUT2D eigenvalue weighted by Gasteiger charge is 2.33. The number of halogens is 1.